The second-order valence-electron chi connectivity index (χ2n) is 5.60. The van der Waals surface area contributed by atoms with Crippen LogP contribution < -0.4 is 15.8 Å². The van der Waals surface area contributed by atoms with E-state index < -0.39 is 5.54 Å². The molecule has 1 aliphatic rings. The first-order valence-corrected chi connectivity index (χ1v) is 7.42. The molecule has 0 spiro atoms. The molecular formula is C17H19N3O2. The number of aryl methyl sites for hydroxylation is 1. The molecule has 0 unspecified atom stereocenters. The van der Waals surface area contributed by atoms with Gasteiger partial charge in [-0.1, -0.05) is 19.1 Å². The van der Waals surface area contributed by atoms with Crippen molar-refractivity contribution < 1.29 is 9.53 Å². The van der Waals surface area contributed by atoms with E-state index in [9.17, 15) is 4.79 Å². The summed E-state index contributed by atoms with van der Waals surface area (Å²) in [4.78, 5) is 16.1. The number of carbonyl (C=O) groups is 1. The van der Waals surface area contributed by atoms with Crippen molar-refractivity contribution in [3.8, 4) is 11.6 Å². The first-order valence-electron chi connectivity index (χ1n) is 7.42. The molecule has 0 aliphatic heterocycles. The lowest BCUT2D eigenvalue weighted by Gasteiger charge is -2.10. The number of nitrogens with zero attached hydrogens (tertiary/aromatic N) is 1. The third kappa shape index (κ3) is 3.26. The molecule has 114 valence electrons. The molecule has 1 heterocycles. The molecule has 3 N–H and O–H groups in total. The predicted molar refractivity (Wildman–Crippen MR) is 84.9 cm³/mol. The minimum atomic E-state index is -0.685. The van der Waals surface area contributed by atoms with Gasteiger partial charge in [-0.05, 0) is 43.0 Å². The zero-order valence-corrected chi connectivity index (χ0v) is 12.5. The van der Waals surface area contributed by atoms with Crippen LogP contribution in [-0.4, -0.2) is 16.4 Å². The number of hydrogen-bond donors (Lipinski definition) is 2. The molecule has 22 heavy (non-hydrogen) atoms. The summed E-state index contributed by atoms with van der Waals surface area (Å²) in [5.41, 5.74) is 6.98. The fourth-order valence-corrected chi connectivity index (χ4v) is 2.08. The van der Waals surface area contributed by atoms with E-state index >= 15 is 0 Å². The molecule has 0 atom stereocenters. The van der Waals surface area contributed by atoms with Crippen molar-refractivity contribution in [3.63, 3.8) is 0 Å². The summed E-state index contributed by atoms with van der Waals surface area (Å²) < 4.78 is 5.71. The Morgan fingerprint density at radius 1 is 1.36 bits per heavy atom. The van der Waals surface area contributed by atoms with Gasteiger partial charge in [0.2, 0.25) is 11.8 Å². The molecule has 1 aromatic carbocycles. The highest BCUT2D eigenvalue weighted by Crippen LogP contribution is 2.33. The van der Waals surface area contributed by atoms with Crippen molar-refractivity contribution >= 4 is 11.6 Å². The smallest absolute Gasteiger partial charge is 0.244 e. The van der Waals surface area contributed by atoms with Crippen molar-refractivity contribution in [2.75, 3.05) is 5.32 Å². The average Bonchev–Trinajstić information content (AvgIpc) is 3.29. The minimum absolute atomic E-state index is 0.154. The molecule has 1 amide bonds. The first kappa shape index (κ1) is 14.5. The van der Waals surface area contributed by atoms with Gasteiger partial charge in [0.05, 0.1) is 17.4 Å². The van der Waals surface area contributed by atoms with E-state index in [0.717, 1.165) is 25.0 Å². The largest absolute Gasteiger partial charge is 0.439 e. The van der Waals surface area contributed by atoms with Crippen LogP contribution in [0.15, 0.2) is 42.6 Å². The maximum atomic E-state index is 11.8. The summed E-state index contributed by atoms with van der Waals surface area (Å²) >= 11 is 0. The van der Waals surface area contributed by atoms with Crippen molar-refractivity contribution in [3.05, 3.63) is 48.2 Å². The van der Waals surface area contributed by atoms with Crippen molar-refractivity contribution in [2.45, 2.75) is 31.7 Å². The van der Waals surface area contributed by atoms with E-state index in [-0.39, 0.29) is 5.91 Å². The van der Waals surface area contributed by atoms with Crippen LogP contribution in [0.5, 0.6) is 11.6 Å². The van der Waals surface area contributed by atoms with Crippen molar-refractivity contribution in [1.29, 1.82) is 0 Å². The Kier molecular flexibility index (Phi) is 3.81. The Labute approximate surface area is 129 Å². The maximum Gasteiger partial charge on any atom is 0.244 e. The van der Waals surface area contributed by atoms with Crippen molar-refractivity contribution in [2.24, 2.45) is 5.73 Å². The number of ether oxygens (including phenoxy) is 1. The second-order valence-corrected chi connectivity index (χ2v) is 5.60. The van der Waals surface area contributed by atoms with E-state index in [4.69, 9.17) is 10.5 Å². The SMILES string of the molecule is CCc1cccc(Oc2ccc(NC(=O)C3(N)CC3)cn2)c1. The fraction of sp³-hybridized carbons (Fsp3) is 0.294. The lowest BCUT2D eigenvalue weighted by atomic mass is 10.2. The van der Waals surface area contributed by atoms with Gasteiger partial charge >= 0.3 is 0 Å². The molecule has 1 aromatic heterocycles. The van der Waals surface area contributed by atoms with Gasteiger partial charge in [0.1, 0.15) is 5.75 Å². The molecule has 2 aromatic rings. The van der Waals surface area contributed by atoms with Gasteiger partial charge in [0, 0.05) is 6.07 Å². The molecule has 1 saturated carbocycles. The summed E-state index contributed by atoms with van der Waals surface area (Å²) in [5, 5.41) is 2.77. The van der Waals surface area contributed by atoms with E-state index in [0.29, 0.717) is 11.6 Å². The van der Waals surface area contributed by atoms with Crippen LogP contribution in [0.1, 0.15) is 25.3 Å². The van der Waals surface area contributed by atoms with Gasteiger partial charge in [-0.3, -0.25) is 4.79 Å². The molecule has 5 nitrogen and oxygen atoms in total. The monoisotopic (exact) mass is 297 g/mol. The maximum absolute atomic E-state index is 11.8. The number of rotatable bonds is 5. The van der Waals surface area contributed by atoms with Crippen LogP contribution >= 0.6 is 0 Å². The van der Waals surface area contributed by atoms with E-state index in [1.54, 1.807) is 18.3 Å². The van der Waals surface area contributed by atoms with E-state index in [1.165, 1.54) is 5.56 Å². The number of nitrogens with one attached hydrogen (secondary N) is 1. The van der Waals surface area contributed by atoms with Gasteiger partial charge in [0.15, 0.2) is 0 Å². The van der Waals surface area contributed by atoms with Gasteiger partial charge < -0.3 is 15.8 Å². The van der Waals surface area contributed by atoms with E-state index in [2.05, 4.69) is 23.3 Å². The highest BCUT2D eigenvalue weighted by Gasteiger charge is 2.45. The molecular weight excluding hydrogens is 278 g/mol. The average molecular weight is 297 g/mol. The highest BCUT2D eigenvalue weighted by atomic mass is 16.5. The zero-order chi connectivity index (χ0) is 15.6. The lowest BCUT2D eigenvalue weighted by molar-refractivity contribution is -0.118. The van der Waals surface area contributed by atoms with Gasteiger partial charge in [-0.2, -0.15) is 0 Å². The normalized spacial score (nSPS) is 15.2. The van der Waals surface area contributed by atoms with Crippen LogP contribution in [0.2, 0.25) is 0 Å². The standard InChI is InChI=1S/C17H19N3O2/c1-2-12-4-3-5-14(10-12)22-15-7-6-13(11-19-15)20-16(21)17(18)8-9-17/h3-7,10-11H,2,8-9,18H2,1H3,(H,20,21). The second kappa shape index (κ2) is 5.77. The van der Waals surface area contributed by atoms with Crippen LogP contribution in [0, 0.1) is 0 Å². The van der Waals surface area contributed by atoms with E-state index in [1.807, 2.05) is 18.2 Å². The fourth-order valence-electron chi connectivity index (χ4n) is 2.08. The molecule has 1 fully saturated rings. The first-order chi connectivity index (χ1) is 10.6. The number of nitrogens with two attached hydrogens (primary N) is 1. The summed E-state index contributed by atoms with van der Waals surface area (Å²) in [5.74, 6) is 1.08. The van der Waals surface area contributed by atoms with Gasteiger partial charge in [0.25, 0.3) is 0 Å². The summed E-state index contributed by atoms with van der Waals surface area (Å²) in [6.07, 6.45) is 4.00. The van der Waals surface area contributed by atoms with Crippen LogP contribution in [0.4, 0.5) is 5.69 Å². The van der Waals surface area contributed by atoms with Crippen LogP contribution in [-0.2, 0) is 11.2 Å². The molecule has 0 radical (unpaired) electrons. The number of pyridine rings is 1. The third-order valence-electron chi connectivity index (χ3n) is 3.76. The minimum Gasteiger partial charge on any atom is -0.439 e. The Bertz CT molecular complexity index is 679. The molecule has 5 heteroatoms. The highest BCUT2D eigenvalue weighted by molar-refractivity contribution is 5.99. The summed E-state index contributed by atoms with van der Waals surface area (Å²) in [6.45, 7) is 2.10. The number of aromatic nitrogens is 1. The molecule has 1 aliphatic carbocycles. The number of carbonyl (C=O) groups excluding carboxylic acids is 1. The summed E-state index contributed by atoms with van der Waals surface area (Å²) in [6, 6.07) is 11.4. The van der Waals surface area contributed by atoms with Crippen LogP contribution in [0.3, 0.4) is 0 Å². The van der Waals surface area contributed by atoms with Crippen LogP contribution in [0.25, 0.3) is 0 Å². The number of amides is 1. The molecule has 0 bridgehead atoms. The Balaban J connectivity index is 1.64. The Morgan fingerprint density at radius 3 is 2.82 bits per heavy atom. The Morgan fingerprint density at radius 2 is 2.18 bits per heavy atom. The summed E-state index contributed by atoms with van der Waals surface area (Å²) in [7, 11) is 0. The molecule has 3 rings (SSSR count). The lowest BCUT2D eigenvalue weighted by Crippen LogP contribution is -2.37. The topological polar surface area (TPSA) is 77.2 Å². The van der Waals surface area contributed by atoms with Gasteiger partial charge in [-0.25, -0.2) is 4.98 Å². The third-order valence-corrected chi connectivity index (χ3v) is 3.76. The molecule has 0 saturated heterocycles. The van der Waals surface area contributed by atoms with Gasteiger partial charge in [-0.15, -0.1) is 0 Å². The quantitative estimate of drug-likeness (QED) is 0.889. The Hall–Kier alpha value is -2.40. The number of anilines is 1. The predicted octanol–water partition coefficient (Wildman–Crippen LogP) is 2.87. The van der Waals surface area contributed by atoms with Crippen molar-refractivity contribution in [1.82, 2.24) is 4.98 Å². The zero-order valence-electron chi connectivity index (χ0n) is 12.5. The number of hydrogen-bond acceptors (Lipinski definition) is 4. The number of benzene rings is 1.